The van der Waals surface area contributed by atoms with Crippen molar-refractivity contribution in [3.05, 3.63) is 107 Å². The van der Waals surface area contributed by atoms with E-state index in [4.69, 9.17) is 34.7 Å². The second-order valence-corrected chi connectivity index (χ2v) is 16.2. The number of fused-ring (bicyclic) bond motifs is 2. The number of ether oxygens (including phenoxy) is 4. The summed E-state index contributed by atoms with van der Waals surface area (Å²) < 4.78 is 23.6. The molecule has 0 bridgehead atoms. The normalized spacial score (nSPS) is 18.6. The van der Waals surface area contributed by atoms with Crippen LogP contribution in [0.4, 0.5) is 22.7 Å². The molecule has 2 atom stereocenters. The van der Waals surface area contributed by atoms with E-state index in [0.29, 0.717) is 65.1 Å². The summed E-state index contributed by atoms with van der Waals surface area (Å²) in [5.41, 5.74) is 14.4. The van der Waals surface area contributed by atoms with E-state index >= 15 is 0 Å². The number of piperazine rings is 1. The van der Waals surface area contributed by atoms with Gasteiger partial charge in [0, 0.05) is 93.5 Å². The Kier molecular flexibility index (Phi) is 12.9. The van der Waals surface area contributed by atoms with Crippen LogP contribution in [-0.4, -0.2) is 119 Å². The fourth-order valence-electron chi connectivity index (χ4n) is 8.33. The monoisotopic (exact) mass is 837 g/mol. The maximum Gasteiger partial charge on any atom is 0.260 e. The van der Waals surface area contributed by atoms with Crippen LogP contribution in [0.25, 0.3) is 11.1 Å². The minimum atomic E-state index is -0.173. The standard InChI is InChI=1S/C49H55N7O6/c1-53-15-17-55(18-16-53)39-13-11-33(12-14-39)36-23-41-29-52-44-27-48(46(60-4)25-42(44)49(58)56(41)31-36)62-20-7-5-6-19-61-47-26-43(37(32-57)24-45(47)59-3)51-28-40-22-35(30-54(40)2)34-9-8-10-38(50)21-34/h8-14,21,24-32,40-41H,5-7,15-20,22-23,50H2,1-4H3. The third kappa shape index (κ3) is 9.32. The number of likely N-dealkylation sites (N-methyl/N-ethyl adjacent to an activating group) is 1. The second-order valence-electron chi connectivity index (χ2n) is 16.2. The number of benzene rings is 4. The van der Waals surface area contributed by atoms with Gasteiger partial charge in [-0.1, -0.05) is 24.3 Å². The minimum Gasteiger partial charge on any atom is -0.493 e. The molecule has 8 rings (SSSR count). The first-order valence-corrected chi connectivity index (χ1v) is 21.3. The minimum absolute atomic E-state index is 0.0198. The maximum atomic E-state index is 13.9. The van der Waals surface area contributed by atoms with E-state index in [2.05, 4.69) is 58.3 Å². The molecule has 2 unspecified atom stereocenters. The number of hydrogen-bond acceptors (Lipinski definition) is 12. The van der Waals surface area contributed by atoms with Gasteiger partial charge >= 0.3 is 0 Å². The van der Waals surface area contributed by atoms with Gasteiger partial charge in [-0.3, -0.25) is 19.6 Å². The topological polar surface area (TPSA) is 135 Å². The molecule has 13 heteroatoms. The Morgan fingerprint density at radius 1 is 0.790 bits per heavy atom. The summed E-state index contributed by atoms with van der Waals surface area (Å²) in [4.78, 5) is 44.1. The Morgan fingerprint density at radius 2 is 1.50 bits per heavy atom. The molecule has 322 valence electrons. The van der Waals surface area contributed by atoms with Gasteiger partial charge in [0.1, 0.15) is 0 Å². The smallest absolute Gasteiger partial charge is 0.260 e. The lowest BCUT2D eigenvalue weighted by molar-refractivity contribution is 0.0817. The van der Waals surface area contributed by atoms with Crippen molar-refractivity contribution < 1.29 is 28.5 Å². The molecule has 0 aliphatic carbocycles. The molecule has 13 nitrogen and oxygen atoms in total. The van der Waals surface area contributed by atoms with Crippen LogP contribution in [-0.2, 0) is 0 Å². The van der Waals surface area contributed by atoms with E-state index in [1.165, 1.54) is 11.3 Å². The van der Waals surface area contributed by atoms with E-state index < -0.39 is 0 Å². The van der Waals surface area contributed by atoms with Crippen LogP contribution in [0.1, 0.15) is 63.9 Å². The lowest BCUT2D eigenvalue weighted by atomic mass is 10.0. The largest absolute Gasteiger partial charge is 0.493 e. The Morgan fingerprint density at radius 3 is 2.21 bits per heavy atom. The van der Waals surface area contributed by atoms with Crippen molar-refractivity contribution in [1.82, 2.24) is 14.7 Å². The molecule has 0 aromatic heterocycles. The van der Waals surface area contributed by atoms with Gasteiger partial charge in [-0.25, -0.2) is 0 Å². The van der Waals surface area contributed by atoms with E-state index in [1.807, 2.05) is 43.9 Å². The number of rotatable bonds is 16. The van der Waals surface area contributed by atoms with Crippen LogP contribution < -0.4 is 29.6 Å². The number of hydrogen-bond donors (Lipinski definition) is 1. The Bertz CT molecular complexity index is 2400. The number of nitrogens with two attached hydrogens (primary N) is 1. The zero-order chi connectivity index (χ0) is 43.2. The molecule has 2 N–H and O–H groups in total. The zero-order valence-electron chi connectivity index (χ0n) is 36.0. The highest BCUT2D eigenvalue weighted by molar-refractivity contribution is 6.05. The molecular formula is C49H55N7O6. The van der Waals surface area contributed by atoms with Crippen LogP contribution in [0.3, 0.4) is 0 Å². The molecule has 0 radical (unpaired) electrons. The van der Waals surface area contributed by atoms with E-state index in [9.17, 15) is 9.59 Å². The Hall–Kier alpha value is -6.60. The summed E-state index contributed by atoms with van der Waals surface area (Å²) in [5, 5.41) is 0. The SMILES string of the molecule is COc1cc(C=O)c(N=CC2CC(c3cccc(N)c3)=CN2C)cc1OCCCCCOc1cc2c(cc1OC)C(=O)N1C=C(c3ccc(N4CCN(C)CC4)cc3)CC1C=N2. The third-order valence-electron chi connectivity index (χ3n) is 12.0. The number of methoxy groups -OCH3 is 2. The molecule has 4 heterocycles. The number of aldehydes is 1. The first-order chi connectivity index (χ1) is 30.2. The van der Waals surface area contributed by atoms with Crippen molar-refractivity contribution in [2.75, 3.05) is 78.3 Å². The van der Waals surface area contributed by atoms with Gasteiger partial charge < -0.3 is 44.3 Å². The second kappa shape index (κ2) is 19.0. The highest BCUT2D eigenvalue weighted by atomic mass is 16.5. The summed E-state index contributed by atoms with van der Waals surface area (Å²) in [5.74, 6) is 1.90. The lowest BCUT2D eigenvalue weighted by Gasteiger charge is -2.34. The maximum absolute atomic E-state index is 13.9. The molecule has 1 fully saturated rings. The fourth-order valence-corrected chi connectivity index (χ4v) is 8.33. The first kappa shape index (κ1) is 42.1. The van der Waals surface area contributed by atoms with Crippen molar-refractivity contribution in [3.63, 3.8) is 0 Å². The molecule has 62 heavy (non-hydrogen) atoms. The van der Waals surface area contributed by atoms with Gasteiger partial charge in [-0.2, -0.15) is 0 Å². The highest BCUT2D eigenvalue weighted by Crippen LogP contribution is 2.41. The molecule has 1 saturated heterocycles. The van der Waals surface area contributed by atoms with Gasteiger partial charge in [0.05, 0.1) is 56.5 Å². The molecule has 4 aromatic carbocycles. The van der Waals surface area contributed by atoms with Gasteiger partial charge in [0.15, 0.2) is 29.3 Å². The van der Waals surface area contributed by atoms with Crippen LogP contribution in [0.5, 0.6) is 23.0 Å². The summed E-state index contributed by atoms with van der Waals surface area (Å²) in [6.07, 6.45) is 12.4. The lowest BCUT2D eigenvalue weighted by Crippen LogP contribution is -2.44. The van der Waals surface area contributed by atoms with Gasteiger partial charge in [-0.15, -0.1) is 0 Å². The molecule has 4 aliphatic rings. The predicted octanol–water partition coefficient (Wildman–Crippen LogP) is 7.90. The van der Waals surface area contributed by atoms with E-state index in [0.717, 1.165) is 80.5 Å². The number of nitrogen functional groups attached to an aromatic ring is 1. The van der Waals surface area contributed by atoms with Crippen LogP contribution in [0.15, 0.2) is 95.2 Å². The van der Waals surface area contributed by atoms with Gasteiger partial charge in [-0.05, 0) is 91.4 Å². The number of aliphatic imine (C=N–C) groups is 2. The van der Waals surface area contributed by atoms with Gasteiger partial charge in [0.2, 0.25) is 0 Å². The average Bonchev–Trinajstić information content (AvgIpc) is 3.87. The highest BCUT2D eigenvalue weighted by Gasteiger charge is 2.33. The molecule has 4 aromatic rings. The Balaban J connectivity index is 0.831. The summed E-state index contributed by atoms with van der Waals surface area (Å²) in [7, 11) is 7.30. The average molecular weight is 838 g/mol. The summed E-state index contributed by atoms with van der Waals surface area (Å²) in [6, 6.07) is 23.3. The number of anilines is 2. The van der Waals surface area contributed by atoms with E-state index in [1.54, 1.807) is 43.4 Å². The first-order valence-electron chi connectivity index (χ1n) is 21.3. The number of carbonyl (C=O) groups excluding carboxylic acids is 2. The quantitative estimate of drug-likeness (QED) is 0.0514. The van der Waals surface area contributed by atoms with Crippen molar-refractivity contribution in [2.24, 2.45) is 9.98 Å². The number of nitrogens with zero attached hydrogens (tertiary/aromatic N) is 6. The number of amides is 1. The van der Waals surface area contributed by atoms with Crippen molar-refractivity contribution in [3.8, 4) is 23.0 Å². The van der Waals surface area contributed by atoms with Crippen LogP contribution in [0.2, 0.25) is 0 Å². The van der Waals surface area contributed by atoms with Crippen molar-refractivity contribution in [2.45, 2.75) is 44.2 Å². The number of unbranched alkanes of at least 4 members (excludes halogenated alkanes) is 2. The molecule has 0 spiro atoms. The van der Waals surface area contributed by atoms with Gasteiger partial charge in [0.25, 0.3) is 5.91 Å². The summed E-state index contributed by atoms with van der Waals surface area (Å²) in [6.45, 7) is 5.05. The molecule has 1 amide bonds. The molecule has 0 saturated carbocycles. The fraction of sp³-hybridized carbons (Fsp3) is 0.347. The van der Waals surface area contributed by atoms with Crippen LogP contribution >= 0.6 is 0 Å². The predicted molar refractivity (Wildman–Crippen MR) is 246 cm³/mol. The van der Waals surface area contributed by atoms with Crippen molar-refractivity contribution in [1.29, 1.82) is 0 Å². The Labute approximate surface area is 363 Å². The zero-order valence-corrected chi connectivity index (χ0v) is 36.0. The number of carbonyl (C=O) groups is 2. The third-order valence-corrected chi connectivity index (χ3v) is 12.0. The summed E-state index contributed by atoms with van der Waals surface area (Å²) >= 11 is 0. The van der Waals surface area contributed by atoms with E-state index in [-0.39, 0.29) is 18.0 Å². The van der Waals surface area contributed by atoms with Crippen LogP contribution in [0, 0.1) is 0 Å². The molecular weight excluding hydrogens is 783 g/mol. The molecule has 4 aliphatic heterocycles. The van der Waals surface area contributed by atoms with Crippen molar-refractivity contribution >= 4 is 58.5 Å².